The topological polar surface area (TPSA) is 68.5 Å². The predicted octanol–water partition coefficient (Wildman–Crippen LogP) is 4.01. The molecule has 0 saturated carbocycles. The Balaban J connectivity index is 1.76. The van der Waals surface area contributed by atoms with Gasteiger partial charge in [-0.1, -0.05) is 30.3 Å². The number of nitrogens with zero attached hydrogens (tertiary/aromatic N) is 3. The number of benzene rings is 1. The molecule has 1 saturated heterocycles. The van der Waals surface area contributed by atoms with Gasteiger partial charge in [-0.25, -0.2) is 9.78 Å². The Kier molecular flexibility index (Phi) is 4.56. The first-order chi connectivity index (χ1) is 13.1. The zero-order valence-corrected chi connectivity index (χ0v) is 15.9. The second-order valence-corrected chi connectivity index (χ2v) is 6.87. The van der Waals surface area contributed by atoms with Gasteiger partial charge in [0, 0.05) is 19.0 Å². The molecular weight excluding hydrogens is 342 g/mol. The molecule has 1 atom stereocenters. The van der Waals surface area contributed by atoms with E-state index in [4.69, 9.17) is 9.15 Å². The molecule has 0 bridgehead atoms. The van der Waals surface area contributed by atoms with Crippen LogP contribution in [0.4, 0.5) is 5.82 Å². The second kappa shape index (κ2) is 7.02. The van der Waals surface area contributed by atoms with E-state index in [1.165, 1.54) is 5.56 Å². The molecule has 6 nitrogen and oxygen atoms in total. The molecule has 27 heavy (non-hydrogen) atoms. The summed E-state index contributed by atoms with van der Waals surface area (Å²) in [6.45, 7) is 7.44. The number of ether oxygens (including phenoxy) is 1. The van der Waals surface area contributed by atoms with Gasteiger partial charge in [0.25, 0.3) is 0 Å². The molecule has 0 radical (unpaired) electrons. The first-order valence-corrected chi connectivity index (χ1v) is 9.33. The Hall–Kier alpha value is -2.89. The first-order valence-electron chi connectivity index (χ1n) is 9.33. The minimum absolute atomic E-state index is 0.312. The standard InChI is InChI=1S/C21H23N3O3/c1-4-26-21(25)17-13(2)27-20-18(17)19(22-14(3)23-20)24-11-10-16(12-24)15-8-6-5-7-9-15/h5-9,16H,4,10-12H2,1-3H3/t16-/m1/s1. The predicted molar refractivity (Wildman–Crippen MR) is 103 cm³/mol. The maximum Gasteiger partial charge on any atom is 0.342 e. The van der Waals surface area contributed by atoms with Crippen LogP contribution >= 0.6 is 0 Å². The molecule has 1 aliphatic heterocycles. The molecule has 4 rings (SSSR count). The van der Waals surface area contributed by atoms with Gasteiger partial charge in [-0.2, -0.15) is 4.98 Å². The normalized spacial score (nSPS) is 16.9. The molecule has 3 heterocycles. The fourth-order valence-electron chi connectivity index (χ4n) is 3.83. The molecule has 1 fully saturated rings. The van der Waals surface area contributed by atoms with Crippen molar-refractivity contribution in [1.82, 2.24) is 9.97 Å². The molecule has 0 N–H and O–H groups in total. The van der Waals surface area contributed by atoms with Crippen molar-refractivity contribution in [2.45, 2.75) is 33.1 Å². The van der Waals surface area contributed by atoms with Crippen LogP contribution in [0.2, 0.25) is 0 Å². The number of fused-ring (bicyclic) bond motifs is 1. The molecule has 1 aliphatic rings. The molecule has 0 aliphatic carbocycles. The molecule has 1 aromatic carbocycles. The van der Waals surface area contributed by atoms with Crippen molar-refractivity contribution in [2.24, 2.45) is 0 Å². The van der Waals surface area contributed by atoms with E-state index in [1.807, 2.05) is 13.0 Å². The van der Waals surface area contributed by atoms with Gasteiger partial charge >= 0.3 is 5.97 Å². The van der Waals surface area contributed by atoms with E-state index in [1.54, 1.807) is 13.8 Å². The van der Waals surface area contributed by atoms with Gasteiger partial charge in [-0.05, 0) is 32.8 Å². The SMILES string of the molecule is CCOC(=O)c1c(C)oc2nc(C)nc(N3CC[C@@H](c4ccccc4)C3)c12. The number of hydrogen-bond donors (Lipinski definition) is 0. The number of carbonyl (C=O) groups is 1. The van der Waals surface area contributed by atoms with Crippen LogP contribution in [-0.4, -0.2) is 35.6 Å². The maximum atomic E-state index is 12.5. The Morgan fingerprint density at radius 3 is 2.78 bits per heavy atom. The largest absolute Gasteiger partial charge is 0.462 e. The summed E-state index contributed by atoms with van der Waals surface area (Å²) in [7, 11) is 0. The lowest BCUT2D eigenvalue weighted by atomic mass is 9.99. The monoisotopic (exact) mass is 365 g/mol. The number of anilines is 1. The summed E-state index contributed by atoms with van der Waals surface area (Å²) in [6.07, 6.45) is 1.04. The Labute approximate surface area is 158 Å². The average Bonchev–Trinajstić information content (AvgIpc) is 3.26. The Morgan fingerprint density at radius 1 is 1.26 bits per heavy atom. The molecule has 0 amide bonds. The average molecular weight is 365 g/mol. The van der Waals surface area contributed by atoms with E-state index in [-0.39, 0.29) is 5.97 Å². The highest BCUT2D eigenvalue weighted by atomic mass is 16.5. The lowest BCUT2D eigenvalue weighted by Gasteiger charge is -2.19. The summed E-state index contributed by atoms with van der Waals surface area (Å²) >= 11 is 0. The molecule has 6 heteroatoms. The van der Waals surface area contributed by atoms with Crippen LogP contribution in [0, 0.1) is 13.8 Å². The van der Waals surface area contributed by atoms with E-state index in [0.717, 1.165) is 25.3 Å². The van der Waals surface area contributed by atoms with Gasteiger partial charge in [0.1, 0.15) is 23.0 Å². The summed E-state index contributed by atoms with van der Waals surface area (Å²) in [5.41, 5.74) is 2.21. The summed E-state index contributed by atoms with van der Waals surface area (Å²) in [6, 6.07) is 10.5. The quantitative estimate of drug-likeness (QED) is 0.651. The van der Waals surface area contributed by atoms with E-state index in [9.17, 15) is 4.79 Å². The second-order valence-electron chi connectivity index (χ2n) is 6.87. The van der Waals surface area contributed by atoms with Crippen LogP contribution in [0.5, 0.6) is 0 Å². The summed E-state index contributed by atoms with van der Waals surface area (Å²) in [5.74, 6) is 1.96. The summed E-state index contributed by atoms with van der Waals surface area (Å²) < 4.78 is 11.0. The van der Waals surface area contributed by atoms with Crippen LogP contribution in [0.1, 0.15) is 46.8 Å². The van der Waals surface area contributed by atoms with E-state index >= 15 is 0 Å². The Bertz CT molecular complexity index is 981. The molecular formula is C21H23N3O3. The third kappa shape index (κ3) is 3.16. The fourth-order valence-corrected chi connectivity index (χ4v) is 3.83. The van der Waals surface area contributed by atoms with Gasteiger partial charge in [-0.15, -0.1) is 0 Å². The van der Waals surface area contributed by atoms with Crippen molar-refractivity contribution < 1.29 is 13.9 Å². The van der Waals surface area contributed by atoms with Crippen LogP contribution in [0.25, 0.3) is 11.1 Å². The van der Waals surface area contributed by atoms with Crippen molar-refractivity contribution in [2.75, 3.05) is 24.6 Å². The number of carbonyl (C=O) groups excluding carboxylic acids is 1. The third-order valence-corrected chi connectivity index (χ3v) is 5.06. The maximum absolute atomic E-state index is 12.5. The third-order valence-electron chi connectivity index (χ3n) is 5.06. The van der Waals surface area contributed by atoms with Crippen LogP contribution in [0.3, 0.4) is 0 Å². The van der Waals surface area contributed by atoms with Gasteiger partial charge < -0.3 is 14.1 Å². The number of furan rings is 1. The van der Waals surface area contributed by atoms with Gasteiger partial charge in [-0.3, -0.25) is 0 Å². The lowest BCUT2D eigenvalue weighted by Crippen LogP contribution is -2.22. The number of aryl methyl sites for hydroxylation is 2. The fraction of sp³-hybridized carbons (Fsp3) is 0.381. The Morgan fingerprint density at radius 2 is 2.04 bits per heavy atom. The lowest BCUT2D eigenvalue weighted by molar-refractivity contribution is 0.0526. The number of rotatable bonds is 4. The van der Waals surface area contributed by atoms with Gasteiger partial charge in [0.15, 0.2) is 0 Å². The highest BCUT2D eigenvalue weighted by Gasteiger charge is 2.31. The van der Waals surface area contributed by atoms with Crippen molar-refractivity contribution in [1.29, 1.82) is 0 Å². The highest BCUT2D eigenvalue weighted by molar-refractivity contribution is 6.08. The van der Waals surface area contributed by atoms with E-state index in [0.29, 0.717) is 40.8 Å². The highest BCUT2D eigenvalue weighted by Crippen LogP contribution is 2.36. The van der Waals surface area contributed by atoms with E-state index < -0.39 is 0 Å². The zero-order chi connectivity index (χ0) is 19.0. The molecule has 3 aromatic rings. The summed E-state index contributed by atoms with van der Waals surface area (Å²) in [4.78, 5) is 23.8. The van der Waals surface area contributed by atoms with Crippen LogP contribution in [-0.2, 0) is 4.74 Å². The van der Waals surface area contributed by atoms with Crippen molar-refractivity contribution in [3.63, 3.8) is 0 Å². The molecule has 2 aromatic heterocycles. The molecule has 0 unspecified atom stereocenters. The van der Waals surface area contributed by atoms with Crippen molar-refractivity contribution in [3.05, 3.63) is 53.0 Å². The molecule has 140 valence electrons. The zero-order valence-electron chi connectivity index (χ0n) is 15.9. The number of hydrogen-bond acceptors (Lipinski definition) is 6. The smallest absolute Gasteiger partial charge is 0.342 e. The van der Waals surface area contributed by atoms with Crippen molar-refractivity contribution in [3.8, 4) is 0 Å². The number of esters is 1. The minimum atomic E-state index is -0.388. The van der Waals surface area contributed by atoms with Crippen LogP contribution < -0.4 is 4.90 Å². The van der Waals surface area contributed by atoms with Crippen molar-refractivity contribution >= 4 is 22.9 Å². The first kappa shape index (κ1) is 17.5. The van der Waals surface area contributed by atoms with Crippen LogP contribution in [0.15, 0.2) is 34.7 Å². The van der Waals surface area contributed by atoms with E-state index in [2.05, 4.69) is 39.1 Å². The van der Waals surface area contributed by atoms with Gasteiger partial charge in [0.05, 0.1) is 12.0 Å². The summed E-state index contributed by atoms with van der Waals surface area (Å²) in [5, 5.41) is 0.658. The number of aromatic nitrogens is 2. The van der Waals surface area contributed by atoms with Gasteiger partial charge in [0.2, 0.25) is 5.71 Å². The molecule has 0 spiro atoms. The minimum Gasteiger partial charge on any atom is -0.462 e.